The van der Waals surface area contributed by atoms with Gasteiger partial charge in [-0.25, -0.2) is 9.59 Å². The van der Waals surface area contributed by atoms with Crippen LogP contribution in [0.3, 0.4) is 0 Å². The van der Waals surface area contributed by atoms with Crippen molar-refractivity contribution in [1.29, 1.82) is 0 Å². The fourth-order valence-corrected chi connectivity index (χ4v) is 7.44. The lowest BCUT2D eigenvalue weighted by Gasteiger charge is -2.32. The van der Waals surface area contributed by atoms with Crippen LogP contribution in [0.5, 0.6) is 0 Å². The third kappa shape index (κ3) is 16.3. The lowest BCUT2D eigenvalue weighted by atomic mass is 10.1. The summed E-state index contributed by atoms with van der Waals surface area (Å²) in [6, 6.07) is 12.3. The minimum atomic E-state index is -1.34. The van der Waals surface area contributed by atoms with Crippen molar-refractivity contribution in [2.45, 2.75) is 140 Å². The third-order valence-electron chi connectivity index (χ3n) is 10.8. The van der Waals surface area contributed by atoms with E-state index in [1.54, 1.807) is 69.3 Å². The molecule has 2 saturated heterocycles. The Balaban J connectivity index is 1.52. The highest BCUT2D eigenvalue weighted by Gasteiger charge is 2.42. The molecule has 2 aliphatic heterocycles. The van der Waals surface area contributed by atoms with E-state index in [0.717, 1.165) is 11.1 Å². The normalized spacial score (nSPS) is 17.3. The molecule has 5 amide bonds. The van der Waals surface area contributed by atoms with Gasteiger partial charge in [-0.3, -0.25) is 33.7 Å². The fourth-order valence-electron chi connectivity index (χ4n) is 7.44. The average Bonchev–Trinajstić information content (AvgIpc) is 3.99. The van der Waals surface area contributed by atoms with Gasteiger partial charge in [0.25, 0.3) is 0 Å². The van der Waals surface area contributed by atoms with Gasteiger partial charge in [0.05, 0.1) is 7.11 Å². The van der Waals surface area contributed by atoms with Crippen LogP contribution in [0, 0.1) is 0 Å². The second-order valence-electron chi connectivity index (χ2n) is 16.9. The number of hydrogen-bond acceptors (Lipinski definition) is 13. The van der Waals surface area contributed by atoms with Gasteiger partial charge in [0.2, 0.25) is 23.6 Å². The molecule has 0 bridgehead atoms. The zero-order chi connectivity index (χ0) is 46.6. The number of amides is 5. The lowest BCUT2D eigenvalue weighted by Crippen LogP contribution is -2.58. The molecule has 2 fully saturated rings. The Labute approximate surface area is 374 Å². The summed E-state index contributed by atoms with van der Waals surface area (Å²) in [7, 11) is 1.19. The number of hydrogen-bond donors (Lipinski definition) is 4. The number of carbonyl (C=O) groups excluding carboxylic acids is 8. The smallest absolute Gasteiger partial charge is 0.410 e. The highest BCUT2D eigenvalue weighted by molar-refractivity contribution is 5.96. The Bertz CT molecular complexity index is 1890. The van der Waals surface area contributed by atoms with Crippen LogP contribution < -0.4 is 21.7 Å². The molecule has 4 rings (SSSR count). The summed E-state index contributed by atoms with van der Waals surface area (Å²) in [6.45, 7) is 5.88. The molecule has 2 aliphatic rings. The molecular formula is C46H64N6O12. The summed E-state index contributed by atoms with van der Waals surface area (Å²) < 4.78 is 21.3. The van der Waals surface area contributed by atoms with Crippen LogP contribution in [0.1, 0.15) is 103 Å². The Kier molecular flexibility index (Phi) is 20.0. The van der Waals surface area contributed by atoms with Crippen LogP contribution in [-0.2, 0) is 65.7 Å². The van der Waals surface area contributed by atoms with E-state index in [9.17, 15) is 38.4 Å². The topological polar surface area (TPSA) is 242 Å². The first-order valence-electron chi connectivity index (χ1n) is 22.0. The molecular weight excluding hydrogens is 829 g/mol. The molecule has 18 nitrogen and oxygen atoms in total. The van der Waals surface area contributed by atoms with Crippen LogP contribution >= 0.6 is 0 Å². The maximum absolute atomic E-state index is 14.5. The minimum absolute atomic E-state index is 0.000490. The second-order valence-corrected chi connectivity index (χ2v) is 16.9. The van der Waals surface area contributed by atoms with Crippen molar-refractivity contribution in [2.75, 3.05) is 26.7 Å². The van der Waals surface area contributed by atoms with Crippen molar-refractivity contribution in [2.24, 2.45) is 5.73 Å². The largest absolute Gasteiger partial charge is 0.467 e. The Morgan fingerprint density at radius 2 is 1.17 bits per heavy atom. The Morgan fingerprint density at radius 1 is 0.672 bits per heavy atom. The summed E-state index contributed by atoms with van der Waals surface area (Å²) in [5, 5.41) is 8.11. The summed E-state index contributed by atoms with van der Waals surface area (Å²) in [4.78, 5) is 111. The first-order valence-corrected chi connectivity index (χ1v) is 22.0. The van der Waals surface area contributed by atoms with Crippen molar-refractivity contribution in [3.63, 3.8) is 0 Å². The van der Waals surface area contributed by atoms with Gasteiger partial charge in [-0.1, -0.05) is 60.7 Å². The summed E-state index contributed by atoms with van der Waals surface area (Å²) in [6.07, 6.45) is 1.12. The molecule has 0 saturated carbocycles. The molecule has 0 aliphatic carbocycles. The van der Waals surface area contributed by atoms with Crippen LogP contribution in [0.15, 0.2) is 60.7 Å². The maximum atomic E-state index is 14.5. The first kappa shape index (κ1) is 50.6. The highest BCUT2D eigenvalue weighted by Crippen LogP contribution is 2.24. The van der Waals surface area contributed by atoms with Gasteiger partial charge in [-0.15, -0.1) is 0 Å². The third-order valence-corrected chi connectivity index (χ3v) is 10.8. The number of nitrogens with zero attached hydrogens (tertiary/aromatic N) is 2. The molecule has 5 atom stereocenters. The number of nitrogens with one attached hydrogen (secondary N) is 3. The Morgan fingerprint density at radius 3 is 1.69 bits per heavy atom. The molecule has 0 unspecified atom stereocenters. The maximum Gasteiger partial charge on any atom is 0.410 e. The van der Waals surface area contributed by atoms with E-state index in [1.807, 2.05) is 12.1 Å². The summed E-state index contributed by atoms with van der Waals surface area (Å²) >= 11 is 0. The SMILES string of the molecule is COC(=O)[C@H](CCCCN)NC(=O)[C@H](CCC(=O)OCc1ccccc1)NC(=O)[C@@H]1CCCN1C(=O)[C@H](CCC(=O)OCc1ccccc1)NC(=O)[C@@H]1CCCN1C(=O)OC(C)(C)C. The van der Waals surface area contributed by atoms with E-state index < -0.39 is 83.4 Å². The number of rotatable bonds is 22. The van der Waals surface area contributed by atoms with Crippen molar-refractivity contribution in [3.8, 4) is 0 Å². The molecule has 2 heterocycles. The number of unbranched alkanes of at least 4 members (excludes halogenated alkanes) is 1. The Hall–Kier alpha value is -6.04. The van der Waals surface area contributed by atoms with Gasteiger partial charge in [-0.2, -0.15) is 0 Å². The molecule has 0 radical (unpaired) electrons. The van der Waals surface area contributed by atoms with Crippen LogP contribution in [0.4, 0.5) is 4.79 Å². The lowest BCUT2D eigenvalue weighted by molar-refractivity contribution is -0.147. The monoisotopic (exact) mass is 892 g/mol. The molecule has 350 valence electrons. The zero-order valence-corrected chi connectivity index (χ0v) is 37.3. The van der Waals surface area contributed by atoms with E-state index in [-0.39, 0.29) is 64.8 Å². The fraction of sp³-hybridized carbons (Fsp3) is 0.565. The van der Waals surface area contributed by atoms with Crippen molar-refractivity contribution in [1.82, 2.24) is 25.8 Å². The van der Waals surface area contributed by atoms with Crippen molar-refractivity contribution in [3.05, 3.63) is 71.8 Å². The molecule has 18 heteroatoms. The van der Waals surface area contributed by atoms with E-state index >= 15 is 0 Å². The predicted molar refractivity (Wildman–Crippen MR) is 232 cm³/mol. The van der Waals surface area contributed by atoms with E-state index in [2.05, 4.69) is 16.0 Å². The summed E-state index contributed by atoms with van der Waals surface area (Å²) in [5.74, 6) is -4.69. The number of nitrogens with two attached hydrogens (primary N) is 1. The molecule has 64 heavy (non-hydrogen) atoms. The van der Waals surface area contributed by atoms with Gasteiger partial charge < -0.3 is 45.5 Å². The van der Waals surface area contributed by atoms with Crippen LogP contribution in [0.25, 0.3) is 0 Å². The van der Waals surface area contributed by atoms with Gasteiger partial charge in [0.1, 0.15) is 49.0 Å². The van der Waals surface area contributed by atoms with Gasteiger partial charge in [0.15, 0.2) is 0 Å². The van der Waals surface area contributed by atoms with E-state index in [1.165, 1.54) is 16.9 Å². The van der Waals surface area contributed by atoms with Gasteiger partial charge in [-0.05, 0) is 96.2 Å². The van der Waals surface area contributed by atoms with E-state index in [4.69, 9.17) is 24.7 Å². The number of methoxy groups -OCH3 is 1. The molecule has 2 aromatic rings. The number of benzene rings is 2. The first-order chi connectivity index (χ1) is 30.6. The number of ether oxygens (including phenoxy) is 4. The average molecular weight is 893 g/mol. The number of carbonyl (C=O) groups is 8. The van der Waals surface area contributed by atoms with Crippen LogP contribution in [0.2, 0.25) is 0 Å². The van der Waals surface area contributed by atoms with E-state index in [0.29, 0.717) is 38.6 Å². The zero-order valence-electron chi connectivity index (χ0n) is 37.3. The molecule has 5 N–H and O–H groups in total. The van der Waals surface area contributed by atoms with Crippen LogP contribution in [-0.4, -0.2) is 120 Å². The quantitative estimate of drug-likeness (QED) is 0.0756. The van der Waals surface area contributed by atoms with Crippen molar-refractivity contribution >= 4 is 47.6 Å². The second kappa shape index (κ2) is 25.3. The highest BCUT2D eigenvalue weighted by atomic mass is 16.6. The standard InChI is InChI=1S/C46H64N6O12/c1-46(2,3)64-45(60)52-28-14-21-37(52)42(57)49-34(23-25-39(54)63-30-32-17-9-6-10-18-32)43(58)51-27-13-20-36(51)41(56)48-33(22-24-38(53)62-29-31-15-7-5-8-16-31)40(55)50-35(44(59)61-4)19-11-12-26-47/h5-10,15-18,33-37H,11-14,19-30,47H2,1-4H3,(H,48,56)(H,49,57)(H,50,55)/t33-,34-,35-,36-,37-/m0/s1. The van der Waals surface area contributed by atoms with Gasteiger partial charge >= 0.3 is 24.0 Å². The predicted octanol–water partition coefficient (Wildman–Crippen LogP) is 3.18. The minimum Gasteiger partial charge on any atom is -0.467 e. The molecule has 2 aromatic carbocycles. The van der Waals surface area contributed by atoms with Gasteiger partial charge in [0, 0.05) is 25.9 Å². The molecule has 0 spiro atoms. The molecule has 0 aromatic heterocycles. The summed E-state index contributed by atoms with van der Waals surface area (Å²) in [5.41, 5.74) is 6.33. The number of likely N-dealkylation sites (tertiary alicyclic amines) is 2. The number of esters is 3. The van der Waals surface area contributed by atoms with Crippen molar-refractivity contribution < 1.29 is 57.3 Å².